The van der Waals surface area contributed by atoms with Gasteiger partial charge in [0, 0.05) is 31.9 Å². The molecule has 1 aromatic heterocycles. The fourth-order valence-corrected chi connectivity index (χ4v) is 2.44. The molecule has 0 atom stereocenters. The van der Waals surface area contributed by atoms with Gasteiger partial charge in [0.05, 0.1) is 12.8 Å². The van der Waals surface area contributed by atoms with Gasteiger partial charge in [0.2, 0.25) is 0 Å². The summed E-state index contributed by atoms with van der Waals surface area (Å²) >= 11 is 0. The molecule has 0 saturated heterocycles. The molecule has 4 nitrogen and oxygen atoms in total. The molecule has 0 aliphatic rings. The third kappa shape index (κ3) is 3.61. The summed E-state index contributed by atoms with van der Waals surface area (Å²) in [5.41, 5.74) is 3.75. The van der Waals surface area contributed by atoms with Crippen LogP contribution < -0.4 is 4.74 Å². The predicted molar refractivity (Wildman–Crippen MR) is 80.8 cm³/mol. The highest BCUT2D eigenvalue weighted by Crippen LogP contribution is 2.16. The number of benzene rings is 1. The molecule has 1 heterocycles. The van der Waals surface area contributed by atoms with E-state index in [9.17, 15) is 0 Å². The number of ether oxygens (including phenoxy) is 1. The maximum absolute atomic E-state index is 5.26. The monoisotopic (exact) mass is 273 g/mol. The summed E-state index contributed by atoms with van der Waals surface area (Å²) in [6.45, 7) is 3.96. The quantitative estimate of drug-likeness (QED) is 0.810. The summed E-state index contributed by atoms with van der Waals surface area (Å²) in [7, 11) is 5.81. The van der Waals surface area contributed by atoms with Crippen molar-refractivity contribution in [3.63, 3.8) is 0 Å². The zero-order chi connectivity index (χ0) is 14.5. The van der Waals surface area contributed by atoms with Gasteiger partial charge < -0.3 is 4.74 Å². The summed E-state index contributed by atoms with van der Waals surface area (Å²) in [5.74, 6) is 0.909. The van der Waals surface area contributed by atoms with E-state index in [1.54, 1.807) is 7.11 Å². The Kier molecular flexibility index (Phi) is 4.79. The van der Waals surface area contributed by atoms with Crippen LogP contribution in [0.1, 0.15) is 23.7 Å². The number of nitrogens with zero attached hydrogens (tertiary/aromatic N) is 3. The Morgan fingerprint density at radius 3 is 2.80 bits per heavy atom. The minimum atomic E-state index is 0.898. The Balaban J connectivity index is 2.02. The minimum Gasteiger partial charge on any atom is -0.497 e. The summed E-state index contributed by atoms with van der Waals surface area (Å²) in [4.78, 5) is 2.30. The molecule has 108 valence electrons. The molecule has 0 radical (unpaired) electrons. The van der Waals surface area contributed by atoms with Gasteiger partial charge in [-0.15, -0.1) is 0 Å². The molecule has 4 heteroatoms. The van der Waals surface area contributed by atoms with Crippen molar-refractivity contribution in [3.05, 3.63) is 47.3 Å². The molecule has 0 bridgehead atoms. The lowest BCUT2D eigenvalue weighted by Gasteiger charge is -2.17. The number of rotatable bonds is 6. The number of hydrogen-bond donors (Lipinski definition) is 0. The van der Waals surface area contributed by atoms with Crippen LogP contribution >= 0.6 is 0 Å². The van der Waals surface area contributed by atoms with Crippen molar-refractivity contribution in [3.8, 4) is 5.75 Å². The molecular formula is C16H23N3O. The summed E-state index contributed by atoms with van der Waals surface area (Å²) in [6.07, 6.45) is 3.09. The number of aromatic nitrogens is 2. The van der Waals surface area contributed by atoms with Crippen LogP contribution in [0.2, 0.25) is 0 Å². The van der Waals surface area contributed by atoms with Crippen LogP contribution in [-0.2, 0) is 26.6 Å². The van der Waals surface area contributed by atoms with Crippen molar-refractivity contribution in [1.29, 1.82) is 0 Å². The van der Waals surface area contributed by atoms with Crippen molar-refractivity contribution in [2.45, 2.75) is 26.4 Å². The highest BCUT2D eigenvalue weighted by Gasteiger charge is 2.09. The lowest BCUT2D eigenvalue weighted by molar-refractivity contribution is 0.317. The Morgan fingerprint density at radius 2 is 2.10 bits per heavy atom. The molecule has 0 aliphatic heterocycles. The first-order valence-corrected chi connectivity index (χ1v) is 6.95. The van der Waals surface area contributed by atoms with Crippen molar-refractivity contribution in [2.24, 2.45) is 7.05 Å². The van der Waals surface area contributed by atoms with E-state index in [0.717, 1.165) is 25.3 Å². The minimum absolute atomic E-state index is 0.898. The normalized spacial score (nSPS) is 11.1. The average molecular weight is 273 g/mol. The zero-order valence-electron chi connectivity index (χ0n) is 12.8. The van der Waals surface area contributed by atoms with E-state index in [-0.39, 0.29) is 0 Å². The van der Waals surface area contributed by atoms with Crippen molar-refractivity contribution in [1.82, 2.24) is 14.7 Å². The van der Waals surface area contributed by atoms with E-state index < -0.39 is 0 Å². The number of methoxy groups -OCH3 is 1. The second-order valence-corrected chi connectivity index (χ2v) is 5.15. The van der Waals surface area contributed by atoms with E-state index in [2.05, 4.69) is 42.3 Å². The maximum atomic E-state index is 5.26. The zero-order valence-corrected chi connectivity index (χ0v) is 12.8. The number of hydrogen-bond acceptors (Lipinski definition) is 3. The van der Waals surface area contributed by atoms with Gasteiger partial charge in [-0.05, 0) is 31.2 Å². The first-order valence-electron chi connectivity index (χ1n) is 6.95. The van der Waals surface area contributed by atoms with Gasteiger partial charge in [0.1, 0.15) is 5.75 Å². The highest BCUT2D eigenvalue weighted by atomic mass is 16.5. The second kappa shape index (κ2) is 6.57. The molecule has 2 rings (SSSR count). The molecule has 0 saturated carbocycles. The SMILES string of the molecule is CCc1nn(C)cc1CN(C)Cc1cccc(OC)c1. The first kappa shape index (κ1) is 14.6. The maximum Gasteiger partial charge on any atom is 0.119 e. The van der Waals surface area contributed by atoms with Gasteiger partial charge in [0.15, 0.2) is 0 Å². The van der Waals surface area contributed by atoms with Crippen LogP contribution in [0.5, 0.6) is 5.75 Å². The largest absolute Gasteiger partial charge is 0.497 e. The number of aryl methyl sites for hydroxylation is 2. The molecule has 0 spiro atoms. The van der Waals surface area contributed by atoms with Crippen LogP contribution in [0.3, 0.4) is 0 Å². The molecule has 0 aliphatic carbocycles. The second-order valence-electron chi connectivity index (χ2n) is 5.15. The predicted octanol–water partition coefficient (Wildman–Crippen LogP) is 2.62. The van der Waals surface area contributed by atoms with Gasteiger partial charge in [-0.1, -0.05) is 19.1 Å². The molecule has 0 amide bonds. The molecule has 2 aromatic rings. The van der Waals surface area contributed by atoms with Gasteiger partial charge in [-0.2, -0.15) is 5.10 Å². The van der Waals surface area contributed by atoms with Crippen LogP contribution in [-0.4, -0.2) is 28.8 Å². The molecule has 20 heavy (non-hydrogen) atoms. The van der Waals surface area contributed by atoms with Crippen LogP contribution in [0.25, 0.3) is 0 Å². The van der Waals surface area contributed by atoms with E-state index in [1.807, 2.05) is 23.9 Å². The lowest BCUT2D eigenvalue weighted by atomic mass is 10.1. The van der Waals surface area contributed by atoms with E-state index in [0.29, 0.717) is 0 Å². The Labute approximate surface area is 121 Å². The summed E-state index contributed by atoms with van der Waals surface area (Å²) in [5, 5.41) is 4.49. The molecule has 1 aromatic carbocycles. The summed E-state index contributed by atoms with van der Waals surface area (Å²) < 4.78 is 7.16. The van der Waals surface area contributed by atoms with Gasteiger partial charge in [0.25, 0.3) is 0 Å². The molecule has 0 N–H and O–H groups in total. The Morgan fingerprint density at radius 1 is 1.30 bits per heavy atom. The van der Waals surface area contributed by atoms with E-state index >= 15 is 0 Å². The van der Waals surface area contributed by atoms with E-state index in [4.69, 9.17) is 4.74 Å². The van der Waals surface area contributed by atoms with Gasteiger partial charge in [-0.25, -0.2) is 0 Å². The fourth-order valence-electron chi connectivity index (χ4n) is 2.44. The standard InChI is InChI=1S/C16H23N3O/c1-5-16-14(12-19(3)17-16)11-18(2)10-13-7-6-8-15(9-13)20-4/h6-9,12H,5,10-11H2,1-4H3. The van der Waals surface area contributed by atoms with E-state index in [1.165, 1.54) is 16.8 Å². The van der Waals surface area contributed by atoms with Crippen molar-refractivity contribution < 1.29 is 4.74 Å². The van der Waals surface area contributed by atoms with Gasteiger partial charge in [-0.3, -0.25) is 9.58 Å². The van der Waals surface area contributed by atoms with Gasteiger partial charge >= 0.3 is 0 Å². The molecule has 0 fully saturated rings. The van der Waals surface area contributed by atoms with Crippen LogP contribution in [0, 0.1) is 0 Å². The average Bonchev–Trinajstić information content (AvgIpc) is 2.78. The third-order valence-electron chi connectivity index (χ3n) is 3.35. The molecular weight excluding hydrogens is 250 g/mol. The molecule has 0 unspecified atom stereocenters. The fraction of sp³-hybridized carbons (Fsp3) is 0.438. The van der Waals surface area contributed by atoms with Crippen LogP contribution in [0.15, 0.2) is 30.5 Å². The first-order chi connectivity index (χ1) is 9.62. The van der Waals surface area contributed by atoms with Crippen molar-refractivity contribution in [2.75, 3.05) is 14.2 Å². The van der Waals surface area contributed by atoms with Crippen molar-refractivity contribution >= 4 is 0 Å². The Bertz CT molecular complexity index is 563. The topological polar surface area (TPSA) is 30.3 Å². The third-order valence-corrected chi connectivity index (χ3v) is 3.35. The Hall–Kier alpha value is -1.81. The lowest BCUT2D eigenvalue weighted by Crippen LogP contribution is -2.17. The smallest absolute Gasteiger partial charge is 0.119 e. The van der Waals surface area contributed by atoms with Crippen LogP contribution in [0.4, 0.5) is 0 Å². The highest BCUT2D eigenvalue weighted by molar-refractivity contribution is 5.28. The summed E-state index contributed by atoms with van der Waals surface area (Å²) in [6, 6.07) is 8.22.